The van der Waals surface area contributed by atoms with Crippen LogP contribution in [0.15, 0.2) is 65.8 Å². The quantitative estimate of drug-likeness (QED) is 0.365. The molecule has 3 aromatic rings. The summed E-state index contributed by atoms with van der Waals surface area (Å²) in [7, 11) is 1.64. The second-order valence-corrected chi connectivity index (χ2v) is 6.66. The number of hydrogen-bond acceptors (Lipinski definition) is 3. The molecule has 0 saturated carbocycles. The number of methoxy groups -OCH3 is 1. The highest BCUT2D eigenvalue weighted by Crippen LogP contribution is 2.21. The van der Waals surface area contributed by atoms with E-state index in [0.29, 0.717) is 6.42 Å². The Balaban J connectivity index is 1.65. The number of ether oxygens (including phenoxy) is 1. The molecule has 0 aliphatic carbocycles. The zero-order chi connectivity index (χ0) is 17.6. The number of nitrogens with zero attached hydrogens (tertiary/aromatic N) is 1. The Hall–Kier alpha value is -2.41. The molecule has 0 atom stereocenters. The van der Waals surface area contributed by atoms with E-state index in [2.05, 4.69) is 33.1 Å². The first-order chi connectivity index (χ1) is 12.2. The third-order valence-electron chi connectivity index (χ3n) is 3.81. The number of carbonyl (C=O) groups is 1. The molecule has 126 valence electrons. The average Bonchev–Trinajstić information content (AvgIpc) is 2.62. The molecule has 0 saturated heterocycles. The van der Waals surface area contributed by atoms with Crippen LogP contribution in [0.1, 0.15) is 11.1 Å². The zero-order valence-electron chi connectivity index (χ0n) is 13.7. The normalized spacial score (nSPS) is 11.0. The lowest BCUT2D eigenvalue weighted by molar-refractivity contribution is -0.120. The Kier molecular flexibility index (Phi) is 5.65. The van der Waals surface area contributed by atoms with Crippen LogP contribution in [0.25, 0.3) is 10.8 Å². The standard InChI is InChI=1S/C20H17IN2O2/c1-25-19-10-9-14(11-18(19)21)13-22-23-20(24)12-16-7-4-6-15-5-2-3-8-17(15)16/h2-11,13H,12H2,1H3,(H,23,24)/b22-13-. The summed E-state index contributed by atoms with van der Waals surface area (Å²) in [4.78, 5) is 12.2. The number of rotatable bonds is 5. The van der Waals surface area contributed by atoms with Crippen molar-refractivity contribution in [2.45, 2.75) is 6.42 Å². The highest BCUT2D eigenvalue weighted by molar-refractivity contribution is 14.1. The third-order valence-corrected chi connectivity index (χ3v) is 4.65. The van der Waals surface area contributed by atoms with Crippen LogP contribution in [0.5, 0.6) is 5.75 Å². The van der Waals surface area contributed by atoms with Crippen molar-refractivity contribution in [1.82, 2.24) is 5.43 Å². The number of fused-ring (bicyclic) bond motifs is 1. The molecule has 1 amide bonds. The highest BCUT2D eigenvalue weighted by Gasteiger charge is 2.06. The van der Waals surface area contributed by atoms with E-state index in [4.69, 9.17) is 4.74 Å². The van der Waals surface area contributed by atoms with Gasteiger partial charge in [0.2, 0.25) is 5.91 Å². The largest absolute Gasteiger partial charge is 0.496 e. The van der Waals surface area contributed by atoms with Gasteiger partial charge in [0.25, 0.3) is 0 Å². The van der Waals surface area contributed by atoms with Crippen molar-refractivity contribution in [3.05, 3.63) is 75.4 Å². The highest BCUT2D eigenvalue weighted by atomic mass is 127. The number of carbonyl (C=O) groups excluding carboxylic acids is 1. The fraction of sp³-hybridized carbons (Fsp3) is 0.100. The molecular weight excluding hydrogens is 427 g/mol. The Morgan fingerprint density at radius 2 is 1.96 bits per heavy atom. The smallest absolute Gasteiger partial charge is 0.244 e. The fourth-order valence-corrected chi connectivity index (χ4v) is 3.36. The van der Waals surface area contributed by atoms with Crippen LogP contribution in [0, 0.1) is 3.57 Å². The van der Waals surface area contributed by atoms with Gasteiger partial charge in [-0.3, -0.25) is 4.79 Å². The van der Waals surface area contributed by atoms with Crippen LogP contribution in [-0.4, -0.2) is 19.2 Å². The van der Waals surface area contributed by atoms with Gasteiger partial charge in [0, 0.05) is 0 Å². The van der Waals surface area contributed by atoms with Crippen molar-refractivity contribution in [2.24, 2.45) is 5.10 Å². The van der Waals surface area contributed by atoms with E-state index in [0.717, 1.165) is 31.2 Å². The predicted molar refractivity (Wildman–Crippen MR) is 109 cm³/mol. The maximum atomic E-state index is 12.2. The molecule has 4 nitrogen and oxygen atoms in total. The summed E-state index contributed by atoms with van der Waals surface area (Å²) < 4.78 is 6.21. The first-order valence-electron chi connectivity index (χ1n) is 7.79. The molecule has 0 unspecified atom stereocenters. The predicted octanol–water partition coefficient (Wildman–Crippen LogP) is 4.15. The molecule has 0 aliphatic heterocycles. The van der Waals surface area contributed by atoms with Crippen molar-refractivity contribution in [1.29, 1.82) is 0 Å². The van der Waals surface area contributed by atoms with Gasteiger partial charge in [0.05, 0.1) is 23.3 Å². The Bertz CT molecular complexity index is 933. The van der Waals surface area contributed by atoms with E-state index < -0.39 is 0 Å². The SMILES string of the molecule is COc1ccc(/C=N\NC(=O)Cc2cccc3ccccc23)cc1I. The Morgan fingerprint density at radius 3 is 2.76 bits per heavy atom. The lowest BCUT2D eigenvalue weighted by atomic mass is 10.0. The second-order valence-electron chi connectivity index (χ2n) is 5.50. The molecule has 1 N–H and O–H groups in total. The van der Waals surface area contributed by atoms with Crippen LogP contribution in [0.2, 0.25) is 0 Å². The van der Waals surface area contributed by atoms with Crippen LogP contribution in [0.4, 0.5) is 0 Å². The molecule has 0 spiro atoms. The molecule has 0 bridgehead atoms. The maximum absolute atomic E-state index is 12.2. The van der Waals surface area contributed by atoms with E-state index in [9.17, 15) is 4.79 Å². The van der Waals surface area contributed by atoms with E-state index >= 15 is 0 Å². The first-order valence-corrected chi connectivity index (χ1v) is 8.87. The van der Waals surface area contributed by atoms with Gasteiger partial charge in [0.1, 0.15) is 5.75 Å². The second kappa shape index (κ2) is 8.11. The molecule has 0 heterocycles. The Labute approximate surface area is 160 Å². The molecule has 0 fully saturated rings. The van der Waals surface area contributed by atoms with Crippen molar-refractivity contribution < 1.29 is 9.53 Å². The van der Waals surface area contributed by atoms with Gasteiger partial charge >= 0.3 is 0 Å². The zero-order valence-corrected chi connectivity index (χ0v) is 15.9. The van der Waals surface area contributed by atoms with Crippen molar-refractivity contribution >= 4 is 45.5 Å². The number of benzene rings is 3. The van der Waals surface area contributed by atoms with Gasteiger partial charge in [-0.1, -0.05) is 42.5 Å². The lowest BCUT2D eigenvalue weighted by Gasteiger charge is -2.06. The molecule has 5 heteroatoms. The number of hydrazone groups is 1. The van der Waals surface area contributed by atoms with Gasteiger partial charge in [-0.05, 0) is 62.7 Å². The summed E-state index contributed by atoms with van der Waals surface area (Å²) >= 11 is 2.20. The molecule has 0 aliphatic rings. The molecule has 3 aromatic carbocycles. The van der Waals surface area contributed by atoms with Gasteiger partial charge in [-0.15, -0.1) is 0 Å². The topological polar surface area (TPSA) is 50.7 Å². The minimum absolute atomic E-state index is 0.143. The van der Waals surface area contributed by atoms with E-state index in [1.54, 1.807) is 13.3 Å². The maximum Gasteiger partial charge on any atom is 0.244 e. The minimum atomic E-state index is -0.143. The van der Waals surface area contributed by atoms with E-state index in [-0.39, 0.29) is 5.91 Å². The van der Waals surface area contributed by atoms with Crippen LogP contribution in [-0.2, 0) is 11.2 Å². The van der Waals surface area contributed by atoms with E-state index in [1.165, 1.54) is 0 Å². The van der Waals surface area contributed by atoms with Gasteiger partial charge in [-0.2, -0.15) is 5.10 Å². The number of halogens is 1. The first kappa shape index (κ1) is 17.4. The number of nitrogens with one attached hydrogen (secondary N) is 1. The molecular formula is C20H17IN2O2. The summed E-state index contributed by atoms with van der Waals surface area (Å²) in [5.74, 6) is 0.675. The summed E-state index contributed by atoms with van der Waals surface area (Å²) in [6, 6.07) is 19.7. The molecule has 0 radical (unpaired) electrons. The van der Waals surface area contributed by atoms with Gasteiger partial charge in [-0.25, -0.2) is 5.43 Å². The monoisotopic (exact) mass is 444 g/mol. The molecule has 3 rings (SSSR count). The van der Waals surface area contributed by atoms with E-state index in [1.807, 2.05) is 60.7 Å². The summed E-state index contributed by atoms with van der Waals surface area (Å²) in [5, 5.41) is 6.27. The van der Waals surface area contributed by atoms with Crippen molar-refractivity contribution in [2.75, 3.05) is 7.11 Å². The van der Waals surface area contributed by atoms with Crippen molar-refractivity contribution in [3.8, 4) is 5.75 Å². The average molecular weight is 444 g/mol. The molecule has 0 aromatic heterocycles. The number of amides is 1. The molecule has 25 heavy (non-hydrogen) atoms. The lowest BCUT2D eigenvalue weighted by Crippen LogP contribution is -2.19. The van der Waals surface area contributed by atoms with Crippen LogP contribution in [0.3, 0.4) is 0 Å². The number of hydrogen-bond donors (Lipinski definition) is 1. The van der Waals surface area contributed by atoms with Gasteiger partial charge < -0.3 is 4.74 Å². The van der Waals surface area contributed by atoms with Crippen LogP contribution >= 0.6 is 22.6 Å². The summed E-state index contributed by atoms with van der Waals surface area (Å²) in [6.45, 7) is 0. The minimum Gasteiger partial charge on any atom is -0.496 e. The van der Waals surface area contributed by atoms with Crippen LogP contribution < -0.4 is 10.2 Å². The summed E-state index contributed by atoms with van der Waals surface area (Å²) in [6.07, 6.45) is 1.92. The third kappa shape index (κ3) is 4.36. The van der Waals surface area contributed by atoms with Gasteiger partial charge in [0.15, 0.2) is 0 Å². The Morgan fingerprint density at radius 1 is 1.16 bits per heavy atom. The fourth-order valence-electron chi connectivity index (χ4n) is 2.60. The van der Waals surface area contributed by atoms with Crippen molar-refractivity contribution in [3.63, 3.8) is 0 Å². The summed E-state index contributed by atoms with van der Waals surface area (Å²) in [5.41, 5.74) is 4.48.